The Morgan fingerprint density at radius 2 is 2.26 bits per heavy atom. The number of nitrogens with one attached hydrogen (secondary N) is 1. The molecule has 1 amide bonds. The van der Waals surface area contributed by atoms with E-state index in [1.54, 1.807) is 4.90 Å². The van der Waals surface area contributed by atoms with Gasteiger partial charge in [0, 0.05) is 19.6 Å². The van der Waals surface area contributed by atoms with Crippen LogP contribution in [0.15, 0.2) is 30.3 Å². The summed E-state index contributed by atoms with van der Waals surface area (Å²) >= 11 is 0. The maximum absolute atomic E-state index is 12.6. The van der Waals surface area contributed by atoms with Crippen molar-refractivity contribution in [2.24, 2.45) is 0 Å². The van der Waals surface area contributed by atoms with Gasteiger partial charge in [-0.05, 0) is 12.0 Å². The highest BCUT2D eigenvalue weighted by molar-refractivity contribution is 5.84. The topological polar surface area (TPSA) is 56.1 Å². The van der Waals surface area contributed by atoms with Gasteiger partial charge in [0.2, 0.25) is 5.91 Å². The van der Waals surface area contributed by atoms with Crippen LogP contribution in [0.25, 0.3) is 0 Å². The van der Waals surface area contributed by atoms with E-state index in [0.717, 1.165) is 18.5 Å². The molecule has 1 saturated heterocycles. The molecule has 0 aromatic heterocycles. The van der Waals surface area contributed by atoms with Crippen LogP contribution in [0.2, 0.25) is 0 Å². The van der Waals surface area contributed by atoms with Crippen molar-refractivity contribution in [3.63, 3.8) is 0 Å². The number of carbonyl (C=O) groups is 1. The van der Waals surface area contributed by atoms with E-state index < -0.39 is 0 Å². The van der Waals surface area contributed by atoms with Crippen LogP contribution in [-0.2, 0) is 4.79 Å². The highest BCUT2D eigenvalue weighted by Crippen LogP contribution is 2.23. The molecular formula is C15H19N3O. The first-order valence-electron chi connectivity index (χ1n) is 6.73. The van der Waals surface area contributed by atoms with Gasteiger partial charge in [-0.2, -0.15) is 5.26 Å². The number of hydrogen-bond donors (Lipinski definition) is 1. The van der Waals surface area contributed by atoms with Crippen molar-refractivity contribution in [3.8, 4) is 6.07 Å². The molecule has 1 aromatic carbocycles. The molecule has 4 nitrogen and oxygen atoms in total. The van der Waals surface area contributed by atoms with Crippen molar-refractivity contribution in [2.45, 2.75) is 25.3 Å². The Morgan fingerprint density at radius 3 is 2.89 bits per heavy atom. The molecule has 0 radical (unpaired) electrons. The molecule has 2 rings (SSSR count). The second-order valence-electron chi connectivity index (χ2n) is 4.75. The average Bonchev–Trinajstić information content (AvgIpc) is 2.49. The number of piperazine rings is 1. The van der Waals surface area contributed by atoms with Crippen molar-refractivity contribution in [3.05, 3.63) is 35.9 Å². The molecule has 1 heterocycles. The summed E-state index contributed by atoms with van der Waals surface area (Å²) in [5, 5.41) is 12.3. The van der Waals surface area contributed by atoms with Gasteiger partial charge in [0.25, 0.3) is 0 Å². The molecule has 0 aliphatic carbocycles. The molecule has 1 aliphatic heterocycles. The summed E-state index contributed by atoms with van der Waals surface area (Å²) < 4.78 is 0. The number of amides is 1. The number of benzene rings is 1. The molecule has 0 saturated carbocycles. The lowest BCUT2D eigenvalue weighted by Crippen LogP contribution is -2.54. The second-order valence-corrected chi connectivity index (χ2v) is 4.75. The Morgan fingerprint density at radius 1 is 1.53 bits per heavy atom. The maximum Gasteiger partial charge on any atom is 0.231 e. The van der Waals surface area contributed by atoms with Crippen LogP contribution in [-0.4, -0.2) is 36.5 Å². The van der Waals surface area contributed by atoms with Crippen molar-refractivity contribution >= 4 is 5.91 Å². The smallest absolute Gasteiger partial charge is 0.231 e. The second kappa shape index (κ2) is 6.35. The zero-order chi connectivity index (χ0) is 13.7. The molecule has 0 spiro atoms. The van der Waals surface area contributed by atoms with Crippen LogP contribution in [0, 0.1) is 11.3 Å². The van der Waals surface area contributed by atoms with E-state index in [2.05, 4.69) is 11.4 Å². The van der Waals surface area contributed by atoms with Gasteiger partial charge < -0.3 is 10.2 Å². The molecule has 2 atom stereocenters. The predicted octanol–water partition coefficient (Wildman–Crippen LogP) is 1.50. The number of rotatable bonds is 3. The van der Waals surface area contributed by atoms with E-state index in [1.165, 1.54) is 0 Å². The van der Waals surface area contributed by atoms with Crippen molar-refractivity contribution in [1.82, 2.24) is 10.2 Å². The van der Waals surface area contributed by atoms with Crippen LogP contribution in [0.3, 0.4) is 0 Å². The normalized spacial score (nSPS) is 20.6. The van der Waals surface area contributed by atoms with Gasteiger partial charge in [0.1, 0.15) is 6.04 Å². The third kappa shape index (κ3) is 2.94. The quantitative estimate of drug-likeness (QED) is 0.893. The zero-order valence-electron chi connectivity index (χ0n) is 11.2. The zero-order valence-corrected chi connectivity index (χ0v) is 11.2. The SMILES string of the molecule is CCC(C(=O)N1CCNCC1C#N)c1ccccc1. The fourth-order valence-corrected chi connectivity index (χ4v) is 2.52. The molecule has 1 aliphatic rings. The van der Waals surface area contributed by atoms with Gasteiger partial charge in [-0.15, -0.1) is 0 Å². The summed E-state index contributed by atoms with van der Waals surface area (Å²) in [6.07, 6.45) is 0.755. The van der Waals surface area contributed by atoms with Gasteiger partial charge in [0.15, 0.2) is 0 Å². The van der Waals surface area contributed by atoms with Gasteiger partial charge in [-0.25, -0.2) is 0 Å². The maximum atomic E-state index is 12.6. The van der Waals surface area contributed by atoms with Crippen LogP contribution in [0.4, 0.5) is 0 Å². The lowest BCUT2D eigenvalue weighted by atomic mass is 9.94. The fraction of sp³-hybridized carbons (Fsp3) is 0.467. The molecule has 1 N–H and O–H groups in total. The number of nitrogens with zero attached hydrogens (tertiary/aromatic N) is 2. The van der Waals surface area contributed by atoms with Crippen molar-refractivity contribution < 1.29 is 4.79 Å². The molecule has 2 unspecified atom stereocenters. The number of nitriles is 1. The average molecular weight is 257 g/mol. The molecule has 19 heavy (non-hydrogen) atoms. The minimum atomic E-state index is -0.348. The first-order valence-corrected chi connectivity index (χ1v) is 6.73. The molecule has 1 aromatic rings. The first kappa shape index (κ1) is 13.6. The minimum Gasteiger partial charge on any atom is -0.324 e. The van der Waals surface area contributed by atoms with E-state index in [9.17, 15) is 4.79 Å². The molecule has 100 valence electrons. The van der Waals surface area contributed by atoms with Gasteiger partial charge in [-0.3, -0.25) is 4.79 Å². The van der Waals surface area contributed by atoms with Crippen LogP contribution in [0.5, 0.6) is 0 Å². The van der Waals surface area contributed by atoms with Crippen LogP contribution >= 0.6 is 0 Å². The molecule has 4 heteroatoms. The third-order valence-electron chi connectivity index (χ3n) is 3.58. The number of carbonyl (C=O) groups excluding carboxylic acids is 1. The first-order chi connectivity index (χ1) is 9.27. The van der Waals surface area contributed by atoms with E-state index in [1.807, 2.05) is 37.3 Å². The van der Waals surface area contributed by atoms with E-state index in [-0.39, 0.29) is 17.9 Å². The Kier molecular flexibility index (Phi) is 4.53. The van der Waals surface area contributed by atoms with Gasteiger partial charge >= 0.3 is 0 Å². The molecular weight excluding hydrogens is 238 g/mol. The van der Waals surface area contributed by atoms with E-state index in [0.29, 0.717) is 13.1 Å². The van der Waals surface area contributed by atoms with E-state index in [4.69, 9.17) is 5.26 Å². The standard InChI is InChI=1S/C15H19N3O/c1-2-14(12-6-4-3-5-7-12)15(19)18-9-8-17-11-13(18)10-16/h3-7,13-14,17H,2,8-9,11H2,1H3. The van der Waals surface area contributed by atoms with Crippen molar-refractivity contribution in [1.29, 1.82) is 5.26 Å². The summed E-state index contributed by atoms with van der Waals surface area (Å²) in [6.45, 7) is 3.95. The lowest BCUT2D eigenvalue weighted by Gasteiger charge is -2.34. The summed E-state index contributed by atoms with van der Waals surface area (Å²) in [6, 6.07) is 11.7. The Hall–Kier alpha value is -1.86. The predicted molar refractivity (Wildman–Crippen MR) is 73.5 cm³/mol. The van der Waals surface area contributed by atoms with Gasteiger partial charge in [0.05, 0.1) is 12.0 Å². The summed E-state index contributed by atoms with van der Waals surface area (Å²) in [7, 11) is 0. The Bertz CT molecular complexity index is 466. The highest BCUT2D eigenvalue weighted by Gasteiger charge is 2.31. The monoisotopic (exact) mass is 257 g/mol. The van der Waals surface area contributed by atoms with E-state index >= 15 is 0 Å². The summed E-state index contributed by atoms with van der Waals surface area (Å²) in [5.41, 5.74) is 1.03. The van der Waals surface area contributed by atoms with Gasteiger partial charge in [-0.1, -0.05) is 37.3 Å². The summed E-state index contributed by atoms with van der Waals surface area (Å²) in [5.74, 6) is -0.0723. The molecule has 0 bridgehead atoms. The summed E-state index contributed by atoms with van der Waals surface area (Å²) in [4.78, 5) is 14.4. The highest BCUT2D eigenvalue weighted by atomic mass is 16.2. The lowest BCUT2D eigenvalue weighted by molar-refractivity contribution is -0.134. The van der Waals surface area contributed by atoms with Crippen molar-refractivity contribution in [2.75, 3.05) is 19.6 Å². The number of hydrogen-bond acceptors (Lipinski definition) is 3. The third-order valence-corrected chi connectivity index (χ3v) is 3.58. The largest absolute Gasteiger partial charge is 0.324 e. The fourth-order valence-electron chi connectivity index (χ4n) is 2.52. The van der Waals surface area contributed by atoms with Crippen LogP contribution < -0.4 is 5.32 Å². The van der Waals surface area contributed by atoms with Crippen LogP contribution in [0.1, 0.15) is 24.8 Å². The Labute approximate surface area is 114 Å². The Balaban J connectivity index is 2.19. The molecule has 1 fully saturated rings. The minimum absolute atomic E-state index is 0.0711.